The van der Waals surface area contributed by atoms with Gasteiger partial charge >= 0.3 is 0 Å². The maximum Gasteiger partial charge on any atom is 0.0534 e. The molecule has 1 fully saturated rings. The quantitative estimate of drug-likeness (QED) is 0.723. The van der Waals surface area contributed by atoms with E-state index in [1.165, 1.54) is 34.9 Å². The van der Waals surface area contributed by atoms with Gasteiger partial charge in [0.25, 0.3) is 0 Å². The van der Waals surface area contributed by atoms with Gasteiger partial charge in [0, 0.05) is 56.7 Å². The van der Waals surface area contributed by atoms with Crippen LogP contribution in [0.4, 0.5) is 0 Å². The third-order valence-corrected chi connectivity index (χ3v) is 4.54. The van der Waals surface area contributed by atoms with Gasteiger partial charge < -0.3 is 4.57 Å². The molecule has 0 N–H and O–H groups in total. The van der Waals surface area contributed by atoms with E-state index in [1.54, 1.807) is 0 Å². The maximum atomic E-state index is 4.29. The molecule has 1 aliphatic carbocycles. The van der Waals surface area contributed by atoms with Crippen LogP contribution in [0.1, 0.15) is 24.0 Å². The van der Waals surface area contributed by atoms with Gasteiger partial charge in [-0.3, -0.25) is 9.58 Å². The smallest absolute Gasteiger partial charge is 0.0534 e. The first-order valence-electron chi connectivity index (χ1n) is 7.94. The normalized spacial score (nSPS) is 15.0. The SMILES string of the molecule is Cn1cc(CN(Cc2ccc3c(ccn3C)c2)C2CC2)cn1. The lowest BCUT2D eigenvalue weighted by Gasteiger charge is -2.21. The van der Waals surface area contributed by atoms with Crippen LogP contribution in [-0.4, -0.2) is 25.3 Å². The van der Waals surface area contributed by atoms with Gasteiger partial charge in [-0.15, -0.1) is 0 Å². The summed E-state index contributed by atoms with van der Waals surface area (Å²) in [6.45, 7) is 2.01. The van der Waals surface area contributed by atoms with E-state index in [4.69, 9.17) is 0 Å². The molecule has 1 aromatic carbocycles. The number of hydrogen-bond donors (Lipinski definition) is 0. The van der Waals surface area contributed by atoms with E-state index in [0.717, 1.165) is 19.1 Å². The summed E-state index contributed by atoms with van der Waals surface area (Å²) in [7, 11) is 4.08. The molecule has 0 saturated heterocycles. The van der Waals surface area contributed by atoms with Gasteiger partial charge in [0.15, 0.2) is 0 Å². The Balaban J connectivity index is 1.54. The highest BCUT2D eigenvalue weighted by molar-refractivity contribution is 5.80. The van der Waals surface area contributed by atoms with E-state index in [-0.39, 0.29) is 0 Å². The van der Waals surface area contributed by atoms with Gasteiger partial charge in [-0.05, 0) is 42.0 Å². The van der Waals surface area contributed by atoms with Crippen LogP contribution in [0.3, 0.4) is 0 Å². The largest absolute Gasteiger partial charge is 0.351 e. The van der Waals surface area contributed by atoms with Crippen LogP contribution in [0, 0.1) is 0 Å². The highest BCUT2D eigenvalue weighted by Gasteiger charge is 2.29. The summed E-state index contributed by atoms with van der Waals surface area (Å²) in [4.78, 5) is 2.58. The van der Waals surface area contributed by atoms with Crippen molar-refractivity contribution in [1.29, 1.82) is 0 Å². The van der Waals surface area contributed by atoms with Crippen LogP contribution in [-0.2, 0) is 27.2 Å². The summed E-state index contributed by atoms with van der Waals surface area (Å²) in [6.07, 6.45) is 8.88. The van der Waals surface area contributed by atoms with E-state index >= 15 is 0 Å². The summed E-state index contributed by atoms with van der Waals surface area (Å²) in [5.41, 5.74) is 4.00. The molecule has 1 aliphatic rings. The molecule has 0 bridgehead atoms. The fourth-order valence-electron chi connectivity index (χ4n) is 3.21. The zero-order chi connectivity index (χ0) is 15.1. The van der Waals surface area contributed by atoms with Crippen molar-refractivity contribution >= 4 is 10.9 Å². The number of fused-ring (bicyclic) bond motifs is 1. The molecule has 3 aromatic rings. The van der Waals surface area contributed by atoms with Crippen LogP contribution < -0.4 is 0 Å². The third kappa shape index (κ3) is 2.66. The van der Waals surface area contributed by atoms with Crippen LogP contribution in [0.15, 0.2) is 42.9 Å². The van der Waals surface area contributed by atoms with Crippen molar-refractivity contribution in [3.8, 4) is 0 Å². The molecule has 4 rings (SSSR count). The monoisotopic (exact) mass is 294 g/mol. The Morgan fingerprint density at radius 2 is 1.95 bits per heavy atom. The van der Waals surface area contributed by atoms with E-state index in [0.29, 0.717) is 0 Å². The Morgan fingerprint density at radius 3 is 2.68 bits per heavy atom. The first-order chi connectivity index (χ1) is 10.7. The fraction of sp³-hybridized carbons (Fsp3) is 0.389. The van der Waals surface area contributed by atoms with E-state index < -0.39 is 0 Å². The molecule has 0 aliphatic heterocycles. The van der Waals surface area contributed by atoms with Gasteiger partial charge in [-0.1, -0.05) is 6.07 Å². The number of aryl methyl sites for hydroxylation is 2. The Kier molecular flexibility index (Phi) is 3.26. The summed E-state index contributed by atoms with van der Waals surface area (Å²) in [5.74, 6) is 0. The molecule has 0 spiro atoms. The minimum atomic E-state index is 0.742. The summed E-state index contributed by atoms with van der Waals surface area (Å²) >= 11 is 0. The van der Waals surface area contributed by atoms with Gasteiger partial charge in [0.05, 0.1) is 6.20 Å². The van der Waals surface area contributed by atoms with Gasteiger partial charge in [0.1, 0.15) is 0 Å². The molecule has 2 aromatic heterocycles. The molecule has 2 heterocycles. The third-order valence-electron chi connectivity index (χ3n) is 4.54. The average molecular weight is 294 g/mol. The van der Waals surface area contributed by atoms with Crippen molar-refractivity contribution in [3.05, 3.63) is 54.0 Å². The van der Waals surface area contributed by atoms with Crippen LogP contribution in [0.25, 0.3) is 10.9 Å². The van der Waals surface area contributed by atoms with Gasteiger partial charge in [-0.2, -0.15) is 5.10 Å². The lowest BCUT2D eigenvalue weighted by Crippen LogP contribution is -2.24. The summed E-state index contributed by atoms with van der Waals surface area (Å²) in [6, 6.07) is 9.77. The summed E-state index contributed by atoms with van der Waals surface area (Å²) < 4.78 is 4.06. The van der Waals surface area contributed by atoms with E-state index in [2.05, 4.69) is 58.3 Å². The number of nitrogens with zero attached hydrogens (tertiary/aromatic N) is 4. The second kappa shape index (κ2) is 5.29. The number of aromatic nitrogens is 3. The minimum Gasteiger partial charge on any atom is -0.351 e. The maximum absolute atomic E-state index is 4.29. The Hall–Kier alpha value is -2.07. The van der Waals surface area contributed by atoms with Crippen molar-refractivity contribution in [2.75, 3.05) is 0 Å². The Labute approximate surface area is 131 Å². The molecule has 22 heavy (non-hydrogen) atoms. The Morgan fingerprint density at radius 1 is 1.14 bits per heavy atom. The van der Waals surface area contributed by atoms with Crippen LogP contribution in [0.5, 0.6) is 0 Å². The number of benzene rings is 1. The first kappa shape index (κ1) is 13.6. The molecule has 114 valence electrons. The Bertz CT molecular complexity index is 794. The predicted octanol–water partition coefficient (Wildman–Crippen LogP) is 3.08. The molecular weight excluding hydrogens is 272 g/mol. The molecule has 0 unspecified atom stereocenters. The highest BCUT2D eigenvalue weighted by Crippen LogP contribution is 2.30. The van der Waals surface area contributed by atoms with Crippen molar-refractivity contribution in [1.82, 2.24) is 19.2 Å². The van der Waals surface area contributed by atoms with Crippen molar-refractivity contribution in [2.24, 2.45) is 14.1 Å². The van der Waals surface area contributed by atoms with E-state index in [9.17, 15) is 0 Å². The van der Waals surface area contributed by atoms with Crippen molar-refractivity contribution < 1.29 is 0 Å². The minimum absolute atomic E-state index is 0.742. The number of hydrogen-bond acceptors (Lipinski definition) is 2. The highest BCUT2D eigenvalue weighted by atomic mass is 15.2. The second-order valence-electron chi connectivity index (χ2n) is 6.48. The van der Waals surface area contributed by atoms with Crippen LogP contribution in [0.2, 0.25) is 0 Å². The zero-order valence-corrected chi connectivity index (χ0v) is 13.2. The van der Waals surface area contributed by atoms with Gasteiger partial charge in [0.2, 0.25) is 0 Å². The molecular formula is C18H22N4. The van der Waals surface area contributed by atoms with Crippen molar-refractivity contribution in [2.45, 2.75) is 32.0 Å². The first-order valence-corrected chi connectivity index (χ1v) is 7.94. The molecule has 0 atom stereocenters. The topological polar surface area (TPSA) is 26.0 Å². The number of rotatable bonds is 5. The molecule has 1 saturated carbocycles. The van der Waals surface area contributed by atoms with E-state index in [1.807, 2.05) is 17.9 Å². The second-order valence-corrected chi connectivity index (χ2v) is 6.48. The molecule has 0 radical (unpaired) electrons. The molecule has 4 nitrogen and oxygen atoms in total. The average Bonchev–Trinajstić information content (AvgIpc) is 3.19. The lowest BCUT2D eigenvalue weighted by atomic mass is 10.1. The predicted molar refractivity (Wildman–Crippen MR) is 88.4 cm³/mol. The molecule has 0 amide bonds. The zero-order valence-electron chi connectivity index (χ0n) is 13.2. The molecule has 4 heteroatoms. The van der Waals surface area contributed by atoms with Crippen molar-refractivity contribution in [3.63, 3.8) is 0 Å². The van der Waals surface area contributed by atoms with Crippen LogP contribution >= 0.6 is 0 Å². The summed E-state index contributed by atoms with van der Waals surface area (Å²) in [5, 5.41) is 5.62. The lowest BCUT2D eigenvalue weighted by molar-refractivity contribution is 0.246. The standard InChI is InChI=1S/C18H22N4/c1-20-8-7-16-9-14(3-6-18(16)20)12-22(17-4-5-17)13-15-10-19-21(2)11-15/h3,6-11,17H,4-5,12-13H2,1-2H3. The fourth-order valence-corrected chi connectivity index (χ4v) is 3.21. The van der Waals surface area contributed by atoms with Gasteiger partial charge in [-0.25, -0.2) is 0 Å².